The number of halogens is 3. The number of carbonyl (C=O) groups is 1. The van der Waals surface area contributed by atoms with Crippen molar-refractivity contribution < 1.29 is 9.18 Å². The number of rotatable bonds is 9. The number of nitrogens with one attached hydrogen (secondary N) is 1. The predicted octanol–water partition coefficient (Wildman–Crippen LogP) is 5.66. The van der Waals surface area contributed by atoms with Crippen LogP contribution in [-0.4, -0.2) is 33.6 Å². The van der Waals surface area contributed by atoms with Crippen molar-refractivity contribution in [3.8, 4) is 0 Å². The van der Waals surface area contributed by atoms with Crippen molar-refractivity contribution in [3.63, 3.8) is 0 Å². The van der Waals surface area contributed by atoms with Crippen molar-refractivity contribution in [2.75, 3.05) is 18.5 Å². The van der Waals surface area contributed by atoms with Crippen molar-refractivity contribution in [1.29, 1.82) is 0 Å². The van der Waals surface area contributed by atoms with Gasteiger partial charge in [0.25, 0.3) is 11.5 Å². The van der Waals surface area contributed by atoms with E-state index in [0.717, 1.165) is 0 Å². The van der Waals surface area contributed by atoms with Crippen LogP contribution in [0.5, 0.6) is 0 Å². The molecule has 0 saturated heterocycles. The van der Waals surface area contributed by atoms with E-state index in [2.05, 4.69) is 5.43 Å². The zero-order valence-corrected chi connectivity index (χ0v) is 21.6. The van der Waals surface area contributed by atoms with Gasteiger partial charge in [0.1, 0.15) is 0 Å². The van der Waals surface area contributed by atoms with E-state index < -0.39 is 17.8 Å². The summed E-state index contributed by atoms with van der Waals surface area (Å²) in [4.78, 5) is 33.6. The van der Waals surface area contributed by atoms with Crippen LogP contribution in [0.1, 0.15) is 42.0 Å². The SMILES string of the molecule is CCC(c1nc2cc(Cl)ccc2c(=O)n1Nc1ccccc1)N(CCCN)C(=O)c1cccc(Cl)c1F. The maximum Gasteiger partial charge on any atom is 0.280 e. The molecule has 0 aliphatic rings. The standard InChI is InChI=1S/C27H26Cl2FN5O2/c1-2-23(34(15-7-14-31)26(36)20-10-6-11-21(29)24(20)30)25-32-22-16-17(28)12-13-19(22)27(37)35(25)33-18-8-4-3-5-9-18/h3-6,8-13,16,23,33H,2,7,14-15,31H2,1H3. The highest BCUT2D eigenvalue weighted by atomic mass is 35.5. The van der Waals surface area contributed by atoms with Gasteiger partial charge in [-0.05, 0) is 61.9 Å². The molecule has 0 bridgehead atoms. The van der Waals surface area contributed by atoms with Crippen LogP contribution in [0.25, 0.3) is 10.9 Å². The Morgan fingerprint density at radius 1 is 1.14 bits per heavy atom. The molecule has 0 radical (unpaired) electrons. The van der Waals surface area contributed by atoms with E-state index in [4.69, 9.17) is 33.9 Å². The Balaban J connectivity index is 1.91. The van der Waals surface area contributed by atoms with Gasteiger partial charge in [0.15, 0.2) is 11.6 Å². The predicted molar refractivity (Wildman–Crippen MR) is 146 cm³/mol. The van der Waals surface area contributed by atoms with E-state index >= 15 is 0 Å². The molecule has 0 fully saturated rings. The Morgan fingerprint density at radius 3 is 2.59 bits per heavy atom. The van der Waals surface area contributed by atoms with Gasteiger partial charge >= 0.3 is 0 Å². The molecular formula is C27H26Cl2FN5O2. The van der Waals surface area contributed by atoms with E-state index in [9.17, 15) is 14.0 Å². The van der Waals surface area contributed by atoms with Crippen LogP contribution in [-0.2, 0) is 0 Å². The topological polar surface area (TPSA) is 93.2 Å². The second-order valence-electron chi connectivity index (χ2n) is 8.42. The molecule has 1 unspecified atom stereocenters. The lowest BCUT2D eigenvalue weighted by Gasteiger charge is -2.32. The first-order valence-corrected chi connectivity index (χ1v) is 12.6. The van der Waals surface area contributed by atoms with Crippen molar-refractivity contribution in [3.05, 3.63) is 104 Å². The first-order valence-electron chi connectivity index (χ1n) is 11.8. The summed E-state index contributed by atoms with van der Waals surface area (Å²) < 4.78 is 16.2. The average molecular weight is 542 g/mol. The molecule has 10 heteroatoms. The number of aromatic nitrogens is 2. The van der Waals surface area contributed by atoms with Crippen molar-refractivity contribution in [2.45, 2.75) is 25.8 Å². The van der Waals surface area contributed by atoms with Crippen LogP contribution in [0, 0.1) is 5.82 Å². The minimum atomic E-state index is -0.806. The summed E-state index contributed by atoms with van der Waals surface area (Å²) in [7, 11) is 0. The molecule has 1 atom stereocenters. The van der Waals surface area contributed by atoms with Gasteiger partial charge < -0.3 is 10.6 Å². The van der Waals surface area contributed by atoms with Crippen molar-refractivity contribution in [2.24, 2.45) is 5.73 Å². The largest absolute Gasteiger partial charge is 0.330 e. The monoisotopic (exact) mass is 541 g/mol. The van der Waals surface area contributed by atoms with Crippen LogP contribution in [0.15, 0.2) is 71.5 Å². The zero-order chi connectivity index (χ0) is 26.5. The number of nitrogens with two attached hydrogens (primary N) is 1. The fourth-order valence-electron chi connectivity index (χ4n) is 4.18. The Labute approximate surface area is 223 Å². The number of fused-ring (bicyclic) bond motifs is 1. The molecule has 3 N–H and O–H groups in total. The molecule has 3 aromatic carbocycles. The molecule has 0 spiro atoms. The lowest BCUT2D eigenvalue weighted by Crippen LogP contribution is -2.41. The number of amides is 1. The van der Waals surface area contributed by atoms with E-state index in [1.165, 1.54) is 27.8 Å². The molecule has 37 heavy (non-hydrogen) atoms. The molecule has 7 nitrogen and oxygen atoms in total. The number of hydrogen-bond acceptors (Lipinski definition) is 5. The number of nitrogens with zero attached hydrogens (tertiary/aromatic N) is 3. The lowest BCUT2D eigenvalue weighted by molar-refractivity contribution is 0.0652. The second kappa shape index (κ2) is 11.7. The summed E-state index contributed by atoms with van der Waals surface area (Å²) in [5, 5.41) is 0.621. The number of carbonyl (C=O) groups excluding carboxylic acids is 1. The highest BCUT2D eigenvalue weighted by molar-refractivity contribution is 6.31. The Bertz CT molecular complexity index is 1480. The number of para-hydroxylation sites is 1. The van der Waals surface area contributed by atoms with E-state index in [-0.39, 0.29) is 28.5 Å². The number of hydrogen-bond donors (Lipinski definition) is 2. The van der Waals surface area contributed by atoms with Crippen molar-refractivity contribution >= 4 is 45.7 Å². The second-order valence-corrected chi connectivity index (χ2v) is 9.26. The summed E-state index contributed by atoms with van der Waals surface area (Å²) in [6.45, 7) is 2.39. The van der Waals surface area contributed by atoms with Gasteiger partial charge in [-0.15, -0.1) is 0 Å². The van der Waals surface area contributed by atoms with Crippen molar-refractivity contribution in [1.82, 2.24) is 14.6 Å². The summed E-state index contributed by atoms with van der Waals surface area (Å²) in [5.74, 6) is -1.11. The minimum Gasteiger partial charge on any atom is -0.330 e. The average Bonchev–Trinajstić information content (AvgIpc) is 2.90. The summed E-state index contributed by atoms with van der Waals surface area (Å²) in [6.07, 6.45) is 0.841. The van der Waals surface area contributed by atoms with Gasteiger partial charge in [-0.25, -0.2) is 14.1 Å². The molecule has 192 valence electrons. The van der Waals surface area contributed by atoms with E-state index in [1.54, 1.807) is 18.2 Å². The number of benzene rings is 3. The van der Waals surface area contributed by atoms with E-state index in [0.29, 0.717) is 41.0 Å². The third-order valence-electron chi connectivity index (χ3n) is 5.98. The Morgan fingerprint density at radius 2 is 1.89 bits per heavy atom. The van der Waals surface area contributed by atoms with Gasteiger partial charge in [-0.1, -0.05) is 54.4 Å². The third kappa shape index (κ3) is 5.61. The normalized spacial score (nSPS) is 11.9. The molecule has 1 aromatic heterocycles. The van der Waals surface area contributed by atoms with Crippen LogP contribution in [0.2, 0.25) is 10.0 Å². The number of anilines is 1. The van der Waals surface area contributed by atoms with Crippen LogP contribution < -0.4 is 16.7 Å². The zero-order valence-electron chi connectivity index (χ0n) is 20.1. The Hall–Kier alpha value is -3.46. The highest BCUT2D eigenvalue weighted by Gasteiger charge is 2.31. The highest BCUT2D eigenvalue weighted by Crippen LogP contribution is 2.28. The maximum absolute atomic E-state index is 14.9. The molecule has 0 aliphatic heterocycles. The first kappa shape index (κ1) is 26.6. The maximum atomic E-state index is 14.9. The smallest absolute Gasteiger partial charge is 0.280 e. The van der Waals surface area contributed by atoms with Crippen LogP contribution >= 0.6 is 23.2 Å². The molecule has 1 heterocycles. The summed E-state index contributed by atoms with van der Waals surface area (Å²) in [5.41, 5.74) is 9.39. The molecule has 0 saturated carbocycles. The first-order chi connectivity index (χ1) is 17.8. The van der Waals surface area contributed by atoms with Gasteiger partial charge in [0, 0.05) is 11.6 Å². The fraction of sp³-hybridized carbons (Fsp3) is 0.222. The fourth-order valence-corrected chi connectivity index (χ4v) is 4.52. The van der Waals surface area contributed by atoms with Gasteiger partial charge in [0.2, 0.25) is 0 Å². The Kier molecular flexibility index (Phi) is 8.43. The molecular weight excluding hydrogens is 516 g/mol. The third-order valence-corrected chi connectivity index (χ3v) is 6.51. The summed E-state index contributed by atoms with van der Waals surface area (Å²) in [6, 6.07) is 17.5. The minimum absolute atomic E-state index is 0.154. The van der Waals surface area contributed by atoms with Crippen LogP contribution in [0.4, 0.5) is 10.1 Å². The quantitative estimate of drug-likeness (QED) is 0.285. The van der Waals surface area contributed by atoms with Gasteiger partial charge in [-0.2, -0.15) is 0 Å². The van der Waals surface area contributed by atoms with Gasteiger partial charge in [-0.3, -0.25) is 15.0 Å². The molecule has 1 amide bonds. The van der Waals surface area contributed by atoms with E-state index in [1.807, 2.05) is 37.3 Å². The lowest BCUT2D eigenvalue weighted by atomic mass is 10.1. The molecule has 0 aliphatic carbocycles. The van der Waals surface area contributed by atoms with Gasteiger partial charge in [0.05, 0.1) is 33.2 Å². The summed E-state index contributed by atoms with van der Waals surface area (Å²) >= 11 is 12.2. The molecule has 4 aromatic rings. The molecule has 4 rings (SSSR count). The van der Waals surface area contributed by atoms with Crippen LogP contribution in [0.3, 0.4) is 0 Å².